The average Bonchev–Trinajstić information content (AvgIpc) is 3.33. The second-order valence-electron chi connectivity index (χ2n) is 8.72. The maximum atomic E-state index is 15.1. The van der Waals surface area contributed by atoms with Gasteiger partial charge in [-0.1, -0.05) is 36.0 Å². The van der Waals surface area contributed by atoms with E-state index in [4.69, 9.17) is 14.1 Å². The van der Waals surface area contributed by atoms with E-state index in [0.717, 1.165) is 6.07 Å². The molecule has 1 fully saturated rings. The van der Waals surface area contributed by atoms with Gasteiger partial charge in [0.2, 0.25) is 5.89 Å². The molecular weight excluding hydrogens is 486 g/mol. The highest BCUT2D eigenvalue weighted by Gasteiger charge is 2.51. The quantitative estimate of drug-likeness (QED) is 0.420. The molecule has 182 valence electrons. The smallest absolute Gasteiger partial charge is 0.257 e. The molecule has 0 saturated carbocycles. The topological polar surface area (TPSA) is 89.6 Å². The van der Waals surface area contributed by atoms with Crippen molar-refractivity contribution in [2.45, 2.75) is 18.1 Å². The number of thioether (sulfide) groups is 1. The molecule has 2 aliphatic rings. The van der Waals surface area contributed by atoms with Crippen LogP contribution in [0.3, 0.4) is 0 Å². The van der Waals surface area contributed by atoms with Gasteiger partial charge in [-0.15, -0.1) is 0 Å². The number of amides is 1. The number of oxazole rings is 1. The number of hydrogen-bond donors (Lipinski definition) is 1. The molecule has 4 heterocycles. The van der Waals surface area contributed by atoms with Crippen LogP contribution in [0.5, 0.6) is 0 Å². The van der Waals surface area contributed by atoms with E-state index in [1.165, 1.54) is 23.9 Å². The highest BCUT2D eigenvalue weighted by atomic mass is 32.2. The van der Waals surface area contributed by atoms with Crippen molar-refractivity contribution < 1.29 is 22.7 Å². The standard InChI is InChI=1S/C26H20F2N4O3S/c27-17-6-7-18(19(28)11-17)26-14-34-22(24-30-20-12-29-9-8-21(20)35-24)10-16(26)13-36-25(32-26)31-23(33)15-4-2-1-3-5-15/h1-9,11-12,16,22H,10,13-14H2,(H,31,32,33). The van der Waals surface area contributed by atoms with E-state index in [1.54, 1.807) is 42.7 Å². The molecule has 2 aromatic heterocycles. The van der Waals surface area contributed by atoms with Gasteiger partial charge in [0.25, 0.3) is 5.91 Å². The fourth-order valence-electron chi connectivity index (χ4n) is 4.72. The fourth-order valence-corrected chi connectivity index (χ4v) is 5.88. The first-order valence-corrected chi connectivity index (χ1v) is 12.4. The highest BCUT2D eigenvalue weighted by Crippen LogP contribution is 2.50. The third kappa shape index (κ3) is 4.06. The van der Waals surface area contributed by atoms with Crippen LogP contribution in [-0.2, 0) is 10.3 Å². The molecule has 10 heteroatoms. The van der Waals surface area contributed by atoms with Crippen LogP contribution in [0.15, 0.2) is 76.4 Å². The zero-order chi connectivity index (χ0) is 24.7. The van der Waals surface area contributed by atoms with Crippen LogP contribution in [-0.4, -0.2) is 33.4 Å². The monoisotopic (exact) mass is 506 g/mol. The van der Waals surface area contributed by atoms with Gasteiger partial charge in [0.15, 0.2) is 10.8 Å². The number of carbonyl (C=O) groups excluding carboxylic acids is 1. The van der Waals surface area contributed by atoms with Crippen molar-refractivity contribution in [3.63, 3.8) is 0 Å². The van der Waals surface area contributed by atoms with Crippen LogP contribution in [0.4, 0.5) is 8.78 Å². The molecule has 2 aromatic carbocycles. The third-order valence-corrected chi connectivity index (χ3v) is 7.57. The lowest BCUT2D eigenvalue weighted by molar-refractivity contribution is -0.0692. The Bertz CT molecular complexity index is 1450. The molecule has 2 aliphatic heterocycles. The minimum absolute atomic E-state index is 0.00707. The minimum Gasteiger partial charge on any atom is -0.438 e. The molecule has 3 unspecified atom stereocenters. The Morgan fingerprint density at radius 3 is 2.81 bits per heavy atom. The van der Waals surface area contributed by atoms with Gasteiger partial charge >= 0.3 is 0 Å². The van der Waals surface area contributed by atoms with Gasteiger partial charge in [-0.05, 0) is 24.6 Å². The number of nitrogens with one attached hydrogen (secondary N) is 1. The molecule has 1 saturated heterocycles. The van der Waals surface area contributed by atoms with Crippen LogP contribution in [0, 0.1) is 17.6 Å². The second kappa shape index (κ2) is 9.11. The predicted octanol–water partition coefficient (Wildman–Crippen LogP) is 5.01. The van der Waals surface area contributed by atoms with E-state index in [2.05, 4.69) is 15.3 Å². The molecule has 0 aliphatic carbocycles. The number of amidine groups is 1. The Morgan fingerprint density at radius 1 is 1.14 bits per heavy atom. The number of nitrogens with zero attached hydrogens (tertiary/aromatic N) is 3. The molecule has 1 N–H and O–H groups in total. The summed E-state index contributed by atoms with van der Waals surface area (Å²) in [6, 6.07) is 14.0. The maximum Gasteiger partial charge on any atom is 0.257 e. The van der Waals surface area contributed by atoms with E-state index >= 15 is 4.39 Å². The Morgan fingerprint density at radius 2 is 2.00 bits per heavy atom. The normalized spacial score (nSPS) is 23.7. The summed E-state index contributed by atoms with van der Waals surface area (Å²) in [4.78, 5) is 26.2. The van der Waals surface area contributed by atoms with Crippen LogP contribution < -0.4 is 5.32 Å². The molecule has 7 nitrogen and oxygen atoms in total. The molecule has 0 bridgehead atoms. The number of carbonyl (C=O) groups is 1. The van der Waals surface area contributed by atoms with Gasteiger partial charge in [0.1, 0.15) is 28.8 Å². The summed E-state index contributed by atoms with van der Waals surface area (Å²) in [7, 11) is 0. The summed E-state index contributed by atoms with van der Waals surface area (Å²) in [6.07, 6.45) is 3.23. The molecule has 1 amide bonds. The Labute approximate surface area is 209 Å². The largest absolute Gasteiger partial charge is 0.438 e. The second-order valence-corrected chi connectivity index (χ2v) is 9.73. The first-order valence-electron chi connectivity index (χ1n) is 11.4. The third-order valence-electron chi connectivity index (χ3n) is 6.54. The van der Waals surface area contributed by atoms with Gasteiger partial charge in [-0.2, -0.15) is 0 Å². The van der Waals surface area contributed by atoms with Gasteiger partial charge in [0.05, 0.1) is 12.8 Å². The lowest BCUT2D eigenvalue weighted by Crippen LogP contribution is -2.49. The molecule has 4 aromatic rings. The van der Waals surface area contributed by atoms with E-state index in [1.807, 2.05) is 6.07 Å². The molecule has 36 heavy (non-hydrogen) atoms. The Hall–Kier alpha value is -3.63. The van der Waals surface area contributed by atoms with Crippen molar-refractivity contribution >= 4 is 33.9 Å². The van der Waals surface area contributed by atoms with Crippen molar-refractivity contribution in [3.8, 4) is 0 Å². The van der Waals surface area contributed by atoms with Gasteiger partial charge < -0.3 is 14.5 Å². The van der Waals surface area contributed by atoms with Gasteiger partial charge in [-0.25, -0.2) is 18.8 Å². The van der Waals surface area contributed by atoms with E-state index < -0.39 is 23.3 Å². The van der Waals surface area contributed by atoms with E-state index in [0.29, 0.717) is 39.9 Å². The van der Waals surface area contributed by atoms with E-state index in [9.17, 15) is 9.18 Å². The average molecular weight is 507 g/mol. The summed E-state index contributed by atoms with van der Waals surface area (Å²) in [5.41, 5.74) is 0.787. The number of ether oxygens (including phenoxy) is 1. The van der Waals surface area contributed by atoms with Gasteiger partial charge in [-0.3, -0.25) is 9.78 Å². The van der Waals surface area contributed by atoms with Crippen LogP contribution >= 0.6 is 11.8 Å². The Kier molecular flexibility index (Phi) is 5.77. The maximum absolute atomic E-state index is 15.1. The SMILES string of the molecule is O=C(NC1=NC2(c3ccc(F)cc3F)COC(c3nc4cnccc4o3)CC2CS1)c1ccccc1. The Balaban J connectivity index is 1.35. The first-order chi connectivity index (χ1) is 17.5. The first kappa shape index (κ1) is 22.8. The molecule has 0 radical (unpaired) electrons. The number of fused-ring (bicyclic) bond motifs is 2. The van der Waals surface area contributed by atoms with Crippen LogP contribution in [0.2, 0.25) is 0 Å². The zero-order valence-corrected chi connectivity index (χ0v) is 19.7. The molecule has 6 rings (SSSR count). The minimum atomic E-state index is -1.15. The highest BCUT2D eigenvalue weighted by molar-refractivity contribution is 8.13. The number of benzene rings is 2. The van der Waals surface area contributed by atoms with Crippen molar-refractivity contribution in [2.75, 3.05) is 12.4 Å². The van der Waals surface area contributed by atoms with Crippen molar-refractivity contribution in [2.24, 2.45) is 10.9 Å². The summed E-state index contributed by atoms with van der Waals surface area (Å²) < 4.78 is 40.9. The van der Waals surface area contributed by atoms with Crippen LogP contribution in [0.1, 0.15) is 34.3 Å². The van der Waals surface area contributed by atoms with Gasteiger partial charge in [0, 0.05) is 41.1 Å². The number of hydrogen-bond acceptors (Lipinski definition) is 7. The molecular formula is C26H20F2N4O3S. The zero-order valence-electron chi connectivity index (χ0n) is 18.9. The summed E-state index contributed by atoms with van der Waals surface area (Å²) >= 11 is 1.38. The van der Waals surface area contributed by atoms with E-state index in [-0.39, 0.29) is 24.0 Å². The van der Waals surface area contributed by atoms with Crippen molar-refractivity contribution in [1.82, 2.24) is 15.3 Å². The lowest BCUT2D eigenvalue weighted by atomic mass is 9.75. The fraction of sp³-hybridized carbons (Fsp3) is 0.231. The summed E-state index contributed by atoms with van der Waals surface area (Å²) in [6.45, 7) is 0.00707. The lowest BCUT2D eigenvalue weighted by Gasteiger charge is -2.46. The number of pyridine rings is 1. The number of rotatable bonds is 3. The number of aromatic nitrogens is 2. The van der Waals surface area contributed by atoms with Crippen molar-refractivity contribution in [3.05, 3.63) is 95.6 Å². The number of halogens is 2. The van der Waals surface area contributed by atoms with Crippen molar-refractivity contribution in [1.29, 1.82) is 0 Å². The molecule has 3 atom stereocenters. The number of aliphatic imine (C=N–C) groups is 1. The molecule has 0 spiro atoms. The summed E-state index contributed by atoms with van der Waals surface area (Å²) in [5.74, 6) is -0.934. The predicted molar refractivity (Wildman–Crippen MR) is 130 cm³/mol. The van der Waals surface area contributed by atoms with Crippen LogP contribution in [0.25, 0.3) is 11.1 Å². The summed E-state index contributed by atoms with van der Waals surface area (Å²) in [5, 5.41) is 3.20.